The van der Waals surface area contributed by atoms with Crippen LogP contribution in [0.1, 0.15) is 25.1 Å². The van der Waals surface area contributed by atoms with Crippen LogP contribution in [0.2, 0.25) is 0 Å². The lowest BCUT2D eigenvalue weighted by atomic mass is 10.1. The largest absolute Gasteiger partial charge is 0.454 e. The van der Waals surface area contributed by atoms with E-state index in [1.54, 1.807) is 0 Å². The van der Waals surface area contributed by atoms with Crippen LogP contribution >= 0.6 is 0 Å². The fraction of sp³-hybridized carbons (Fsp3) is 0.412. The van der Waals surface area contributed by atoms with Crippen LogP contribution in [0.15, 0.2) is 18.2 Å². The molecule has 11 heteroatoms. The summed E-state index contributed by atoms with van der Waals surface area (Å²) in [6.07, 6.45) is 3.49. The van der Waals surface area contributed by atoms with E-state index in [1.165, 1.54) is 11.2 Å². The molecule has 5 rings (SSSR count). The molecule has 2 aromatic heterocycles. The van der Waals surface area contributed by atoms with E-state index in [1.807, 2.05) is 18.2 Å². The number of fused-ring (bicyclic) bond motifs is 1. The minimum atomic E-state index is 0.196. The van der Waals surface area contributed by atoms with Gasteiger partial charge in [-0.1, -0.05) is 0 Å². The van der Waals surface area contributed by atoms with Crippen molar-refractivity contribution in [2.45, 2.75) is 25.8 Å². The second-order valence-corrected chi connectivity index (χ2v) is 6.67. The number of tetrazole rings is 1. The van der Waals surface area contributed by atoms with Gasteiger partial charge in [-0.05, 0) is 42.7 Å². The Balaban J connectivity index is 1.36. The van der Waals surface area contributed by atoms with Gasteiger partial charge < -0.3 is 20.1 Å². The van der Waals surface area contributed by atoms with Crippen molar-refractivity contribution in [3.05, 3.63) is 24.0 Å². The molecule has 0 atom stereocenters. The topological polar surface area (TPSA) is 130 Å². The maximum atomic E-state index is 5.89. The third-order valence-electron chi connectivity index (χ3n) is 4.69. The van der Waals surface area contributed by atoms with Crippen LogP contribution < -0.4 is 20.1 Å². The van der Waals surface area contributed by atoms with Gasteiger partial charge >= 0.3 is 0 Å². The van der Waals surface area contributed by atoms with E-state index in [2.05, 4.69) is 35.3 Å². The molecule has 144 valence electrons. The molecule has 0 aliphatic carbocycles. The van der Waals surface area contributed by atoms with Gasteiger partial charge in [0, 0.05) is 18.7 Å². The summed E-state index contributed by atoms with van der Waals surface area (Å²) in [6.45, 7) is 2.33. The number of nitrogens with zero attached hydrogens (tertiary/aromatic N) is 8. The Morgan fingerprint density at radius 2 is 1.86 bits per heavy atom. The van der Waals surface area contributed by atoms with Crippen LogP contribution in [-0.4, -0.2) is 55.0 Å². The lowest BCUT2D eigenvalue weighted by molar-refractivity contribution is 0.174. The number of nitrogen functional groups attached to an aromatic ring is 1. The highest BCUT2D eigenvalue weighted by molar-refractivity contribution is 5.60. The van der Waals surface area contributed by atoms with Gasteiger partial charge in [0.05, 0.1) is 0 Å². The molecule has 1 aromatic carbocycles. The summed E-state index contributed by atoms with van der Waals surface area (Å²) in [7, 11) is 0. The van der Waals surface area contributed by atoms with E-state index >= 15 is 0 Å². The maximum absolute atomic E-state index is 5.89. The number of rotatable bonds is 4. The smallest absolute Gasteiger partial charge is 0.231 e. The molecule has 0 amide bonds. The zero-order chi connectivity index (χ0) is 18.9. The van der Waals surface area contributed by atoms with Gasteiger partial charge in [0.2, 0.25) is 24.5 Å². The minimum absolute atomic E-state index is 0.196. The summed E-state index contributed by atoms with van der Waals surface area (Å²) in [5.41, 5.74) is 6.68. The zero-order valence-electron chi connectivity index (χ0n) is 15.2. The normalized spacial score (nSPS) is 15.8. The molecule has 1 fully saturated rings. The van der Waals surface area contributed by atoms with Gasteiger partial charge in [-0.3, -0.25) is 0 Å². The van der Waals surface area contributed by atoms with Crippen LogP contribution in [-0.2, 0) is 6.54 Å². The second-order valence-electron chi connectivity index (χ2n) is 6.67. The highest BCUT2D eigenvalue weighted by Gasteiger charge is 2.18. The molecule has 0 unspecified atom stereocenters. The van der Waals surface area contributed by atoms with Crippen LogP contribution in [0.5, 0.6) is 11.5 Å². The summed E-state index contributed by atoms with van der Waals surface area (Å²) < 4.78 is 10.7. The van der Waals surface area contributed by atoms with Crippen LogP contribution in [0.4, 0.5) is 11.9 Å². The number of benzene rings is 1. The molecular weight excluding hydrogens is 362 g/mol. The summed E-state index contributed by atoms with van der Waals surface area (Å²) >= 11 is 0. The van der Waals surface area contributed by atoms with Crippen molar-refractivity contribution in [1.82, 2.24) is 35.2 Å². The van der Waals surface area contributed by atoms with Crippen LogP contribution in [0.3, 0.4) is 0 Å². The predicted molar refractivity (Wildman–Crippen MR) is 98.8 cm³/mol. The van der Waals surface area contributed by atoms with Crippen LogP contribution in [0, 0.1) is 0 Å². The van der Waals surface area contributed by atoms with E-state index in [9.17, 15) is 0 Å². The van der Waals surface area contributed by atoms with Gasteiger partial charge in [0.25, 0.3) is 0 Å². The van der Waals surface area contributed by atoms with Crippen molar-refractivity contribution in [2.24, 2.45) is 0 Å². The van der Waals surface area contributed by atoms with Crippen LogP contribution in [0.25, 0.3) is 11.4 Å². The zero-order valence-corrected chi connectivity index (χ0v) is 15.2. The molecule has 0 bridgehead atoms. The Kier molecular flexibility index (Phi) is 4.11. The summed E-state index contributed by atoms with van der Waals surface area (Å²) in [6, 6.07) is 5.53. The molecule has 0 saturated carbocycles. The molecule has 1 saturated heterocycles. The first-order chi connectivity index (χ1) is 13.7. The van der Waals surface area contributed by atoms with Crippen molar-refractivity contribution < 1.29 is 9.47 Å². The fourth-order valence-electron chi connectivity index (χ4n) is 3.32. The number of nitrogens with two attached hydrogens (primary N) is 1. The standard InChI is InChI=1S/C17H19N9O2/c18-16-19-14(20-17(21-16)25-6-2-1-3-7-25)9-26-23-15(22-24-26)11-4-5-12-13(8-11)28-10-27-12/h4-5,8H,1-3,6-7,9-10H2,(H2,18,19,20,21). The summed E-state index contributed by atoms with van der Waals surface area (Å²) in [4.78, 5) is 16.6. The summed E-state index contributed by atoms with van der Waals surface area (Å²) in [5, 5.41) is 12.6. The quantitative estimate of drug-likeness (QED) is 0.694. The maximum Gasteiger partial charge on any atom is 0.231 e. The van der Waals surface area contributed by atoms with E-state index in [0.717, 1.165) is 31.5 Å². The number of hydrogen-bond acceptors (Lipinski definition) is 10. The highest BCUT2D eigenvalue weighted by Crippen LogP contribution is 2.34. The molecule has 3 aromatic rings. The Hall–Kier alpha value is -3.50. The summed E-state index contributed by atoms with van der Waals surface area (Å²) in [5.74, 6) is 3.17. The van der Waals surface area contributed by atoms with E-state index in [4.69, 9.17) is 15.2 Å². The molecule has 2 aliphatic rings. The number of anilines is 2. The average Bonchev–Trinajstić information content (AvgIpc) is 3.37. The number of piperidine rings is 1. The predicted octanol–water partition coefficient (Wildman–Crippen LogP) is 0.875. The van der Waals surface area contributed by atoms with E-state index < -0.39 is 0 Å². The number of aromatic nitrogens is 7. The van der Waals surface area contributed by atoms with Crippen molar-refractivity contribution in [1.29, 1.82) is 0 Å². The van der Waals surface area contributed by atoms with Crippen molar-refractivity contribution in [3.63, 3.8) is 0 Å². The Bertz CT molecular complexity index is 1000. The van der Waals surface area contributed by atoms with Gasteiger partial charge in [-0.25, -0.2) is 0 Å². The molecule has 0 spiro atoms. The Morgan fingerprint density at radius 1 is 1.00 bits per heavy atom. The van der Waals surface area contributed by atoms with E-state index in [0.29, 0.717) is 29.1 Å². The Labute approximate surface area is 160 Å². The molecule has 2 N–H and O–H groups in total. The monoisotopic (exact) mass is 381 g/mol. The molecule has 28 heavy (non-hydrogen) atoms. The van der Waals surface area contributed by atoms with Gasteiger partial charge in [0.15, 0.2) is 17.3 Å². The number of ether oxygens (including phenoxy) is 2. The van der Waals surface area contributed by atoms with E-state index in [-0.39, 0.29) is 19.3 Å². The Morgan fingerprint density at radius 3 is 2.75 bits per heavy atom. The molecule has 2 aliphatic heterocycles. The molecular formula is C17H19N9O2. The molecule has 11 nitrogen and oxygen atoms in total. The fourth-order valence-corrected chi connectivity index (χ4v) is 3.32. The van der Waals surface area contributed by atoms with Gasteiger partial charge in [-0.15, -0.1) is 10.2 Å². The number of hydrogen-bond donors (Lipinski definition) is 1. The first-order valence-corrected chi connectivity index (χ1v) is 9.18. The van der Waals surface area contributed by atoms with Crippen molar-refractivity contribution in [3.8, 4) is 22.9 Å². The van der Waals surface area contributed by atoms with Crippen molar-refractivity contribution in [2.75, 3.05) is 30.5 Å². The first kappa shape index (κ1) is 16.7. The molecule has 0 radical (unpaired) electrons. The van der Waals surface area contributed by atoms with Crippen molar-refractivity contribution >= 4 is 11.9 Å². The first-order valence-electron chi connectivity index (χ1n) is 9.18. The third-order valence-corrected chi connectivity index (χ3v) is 4.69. The SMILES string of the molecule is Nc1nc(Cn2nnc(-c3ccc4c(c3)OCO4)n2)nc(N2CCCCC2)n1. The minimum Gasteiger partial charge on any atom is -0.454 e. The molecule has 4 heterocycles. The second kappa shape index (κ2) is 6.91. The van der Waals surface area contributed by atoms with Gasteiger partial charge in [0.1, 0.15) is 6.54 Å². The lowest BCUT2D eigenvalue weighted by Crippen LogP contribution is -2.31. The highest BCUT2D eigenvalue weighted by atomic mass is 16.7. The van der Waals surface area contributed by atoms with Gasteiger partial charge in [-0.2, -0.15) is 19.7 Å². The third kappa shape index (κ3) is 3.26. The average molecular weight is 381 g/mol. The lowest BCUT2D eigenvalue weighted by Gasteiger charge is -2.26.